The van der Waals surface area contributed by atoms with Gasteiger partial charge in [0.05, 0.1) is 9.82 Å². The predicted octanol–water partition coefficient (Wildman–Crippen LogP) is 3.21. The number of hydrogen-bond acceptors (Lipinski definition) is 9. The summed E-state index contributed by atoms with van der Waals surface area (Å²) in [6.45, 7) is 0.707. The fraction of sp³-hybridized carbons (Fsp3) is 0.158. The van der Waals surface area contributed by atoms with Crippen LogP contribution in [-0.4, -0.2) is 42.7 Å². The van der Waals surface area contributed by atoms with Gasteiger partial charge in [-0.05, 0) is 24.3 Å². The van der Waals surface area contributed by atoms with Crippen molar-refractivity contribution < 1.29 is 17.8 Å². The highest BCUT2D eigenvalue weighted by molar-refractivity contribution is 7.90. The Kier molecular flexibility index (Phi) is 4.96. The number of rotatable bonds is 7. The van der Waals surface area contributed by atoms with Crippen molar-refractivity contribution in [2.24, 2.45) is 0 Å². The van der Waals surface area contributed by atoms with Gasteiger partial charge in [-0.2, -0.15) is 0 Å². The molecule has 4 rings (SSSR count). The van der Waals surface area contributed by atoms with E-state index in [0.717, 1.165) is 17.7 Å². The van der Waals surface area contributed by atoms with Crippen molar-refractivity contribution in [1.29, 1.82) is 0 Å². The van der Waals surface area contributed by atoms with Crippen LogP contribution in [-0.2, 0) is 9.84 Å². The first kappa shape index (κ1) is 19.6. The summed E-state index contributed by atoms with van der Waals surface area (Å²) in [6.07, 6.45) is 2.44. The molecule has 0 amide bonds. The molecule has 4 aromatic rings. The first-order valence-corrected chi connectivity index (χ1v) is 10.8. The minimum atomic E-state index is -3.54. The number of sulfone groups is 1. The van der Waals surface area contributed by atoms with Gasteiger partial charge in [0.1, 0.15) is 23.1 Å². The van der Waals surface area contributed by atoms with E-state index in [1.165, 1.54) is 18.5 Å². The van der Waals surface area contributed by atoms with E-state index in [1.54, 1.807) is 0 Å². The number of nitro groups is 1. The Morgan fingerprint density at radius 3 is 2.63 bits per heavy atom. The van der Waals surface area contributed by atoms with Crippen molar-refractivity contribution in [2.45, 2.75) is 4.90 Å². The maximum atomic E-state index is 11.6. The topological polar surface area (TPSA) is 140 Å². The predicted molar refractivity (Wildman–Crippen MR) is 112 cm³/mol. The normalized spacial score (nSPS) is 11.6. The number of fused-ring (bicyclic) bond motifs is 3. The standard InChI is InChI=1S/C19H17N5O5S/c1-30(27,28)12-6-7-14(15(10-12)24(25)26)20-8-9-21-19-18-17(22-11-23-19)13-4-2-3-5-16(13)29-18/h2-7,10-11,20H,8-9H2,1H3,(H,21,22,23). The molecule has 10 nitrogen and oxygen atoms in total. The Hall–Kier alpha value is -3.73. The van der Waals surface area contributed by atoms with Gasteiger partial charge in [-0.3, -0.25) is 10.1 Å². The zero-order chi connectivity index (χ0) is 21.3. The molecule has 2 aromatic carbocycles. The second-order valence-electron chi connectivity index (χ2n) is 6.56. The minimum Gasteiger partial charge on any atom is -0.450 e. The zero-order valence-electron chi connectivity index (χ0n) is 15.8. The lowest BCUT2D eigenvalue weighted by Gasteiger charge is -2.09. The Morgan fingerprint density at radius 2 is 1.87 bits per heavy atom. The molecule has 0 saturated carbocycles. The molecule has 0 aliphatic rings. The van der Waals surface area contributed by atoms with Gasteiger partial charge in [-0.25, -0.2) is 18.4 Å². The van der Waals surface area contributed by atoms with Crippen LogP contribution in [0.4, 0.5) is 17.2 Å². The van der Waals surface area contributed by atoms with Crippen molar-refractivity contribution in [3.8, 4) is 0 Å². The fourth-order valence-corrected chi connectivity index (χ4v) is 3.71. The van der Waals surface area contributed by atoms with E-state index in [9.17, 15) is 18.5 Å². The second-order valence-corrected chi connectivity index (χ2v) is 8.58. The molecule has 0 unspecified atom stereocenters. The second kappa shape index (κ2) is 7.59. The number of furan rings is 1. The third-order valence-corrected chi connectivity index (χ3v) is 5.60. The van der Waals surface area contributed by atoms with Crippen LogP contribution in [0, 0.1) is 10.1 Å². The van der Waals surface area contributed by atoms with Gasteiger partial charge >= 0.3 is 0 Å². The molecule has 0 atom stereocenters. The van der Waals surface area contributed by atoms with Crippen molar-refractivity contribution in [1.82, 2.24) is 9.97 Å². The third kappa shape index (κ3) is 3.74. The van der Waals surface area contributed by atoms with Crippen LogP contribution in [0.2, 0.25) is 0 Å². The van der Waals surface area contributed by atoms with Crippen LogP contribution < -0.4 is 10.6 Å². The Labute approximate surface area is 171 Å². The summed E-state index contributed by atoms with van der Waals surface area (Å²) in [7, 11) is -3.54. The molecule has 11 heteroatoms. The Morgan fingerprint density at radius 1 is 1.10 bits per heavy atom. The molecule has 30 heavy (non-hydrogen) atoms. The van der Waals surface area contributed by atoms with Gasteiger partial charge < -0.3 is 15.1 Å². The summed E-state index contributed by atoms with van der Waals surface area (Å²) in [5.41, 5.74) is 1.85. The average molecular weight is 427 g/mol. The van der Waals surface area contributed by atoms with Crippen molar-refractivity contribution >= 4 is 49.1 Å². The highest BCUT2D eigenvalue weighted by Gasteiger charge is 2.18. The highest BCUT2D eigenvalue weighted by Crippen LogP contribution is 2.30. The number of para-hydroxylation sites is 1. The summed E-state index contributed by atoms with van der Waals surface area (Å²) in [6, 6.07) is 11.3. The summed E-state index contributed by atoms with van der Waals surface area (Å²) < 4.78 is 29.1. The molecule has 0 saturated heterocycles. The first-order chi connectivity index (χ1) is 14.3. The molecular weight excluding hydrogens is 410 g/mol. The van der Waals surface area contributed by atoms with E-state index < -0.39 is 14.8 Å². The van der Waals surface area contributed by atoms with E-state index >= 15 is 0 Å². The number of aromatic nitrogens is 2. The van der Waals surface area contributed by atoms with Crippen LogP contribution in [0.1, 0.15) is 0 Å². The maximum absolute atomic E-state index is 11.6. The van der Waals surface area contributed by atoms with Gasteiger partial charge in [-0.1, -0.05) is 12.1 Å². The quantitative estimate of drug-likeness (QED) is 0.258. The molecule has 2 heterocycles. The van der Waals surface area contributed by atoms with Gasteiger partial charge in [0.15, 0.2) is 21.2 Å². The lowest BCUT2D eigenvalue weighted by Crippen LogP contribution is -2.15. The SMILES string of the molecule is CS(=O)(=O)c1ccc(NCCNc2ncnc3c2oc2ccccc23)c([N+](=O)[O-])c1. The number of benzene rings is 2. The lowest BCUT2D eigenvalue weighted by atomic mass is 10.2. The van der Waals surface area contributed by atoms with Gasteiger partial charge in [0.2, 0.25) is 0 Å². The summed E-state index contributed by atoms with van der Waals surface area (Å²) in [4.78, 5) is 19.1. The summed E-state index contributed by atoms with van der Waals surface area (Å²) in [5, 5.41) is 18.3. The first-order valence-electron chi connectivity index (χ1n) is 8.93. The third-order valence-electron chi connectivity index (χ3n) is 4.48. The minimum absolute atomic E-state index is 0.105. The zero-order valence-corrected chi connectivity index (χ0v) is 16.6. The molecular formula is C19H17N5O5S. The number of nitrogens with zero attached hydrogens (tertiary/aromatic N) is 3. The van der Waals surface area contributed by atoms with E-state index in [2.05, 4.69) is 20.6 Å². The molecule has 154 valence electrons. The molecule has 0 spiro atoms. The summed E-state index contributed by atoms with van der Waals surface area (Å²) in [5.74, 6) is 0.514. The molecule has 0 radical (unpaired) electrons. The van der Waals surface area contributed by atoms with E-state index in [0.29, 0.717) is 35.6 Å². The van der Waals surface area contributed by atoms with Crippen LogP contribution >= 0.6 is 0 Å². The van der Waals surface area contributed by atoms with Crippen LogP contribution in [0.15, 0.2) is 58.1 Å². The Bertz CT molecular complexity index is 1370. The molecule has 0 aliphatic carbocycles. The average Bonchev–Trinajstić information content (AvgIpc) is 3.10. The number of nitro benzene ring substituents is 1. The smallest absolute Gasteiger partial charge is 0.293 e. The number of hydrogen-bond donors (Lipinski definition) is 2. The van der Waals surface area contributed by atoms with Crippen LogP contribution in [0.25, 0.3) is 22.1 Å². The molecule has 2 N–H and O–H groups in total. The monoisotopic (exact) mass is 427 g/mol. The summed E-state index contributed by atoms with van der Waals surface area (Å²) >= 11 is 0. The number of anilines is 2. The number of nitrogens with one attached hydrogen (secondary N) is 2. The van der Waals surface area contributed by atoms with E-state index in [4.69, 9.17) is 4.42 Å². The van der Waals surface area contributed by atoms with E-state index in [1.807, 2.05) is 24.3 Å². The molecule has 2 aromatic heterocycles. The van der Waals surface area contributed by atoms with Crippen molar-refractivity contribution in [3.63, 3.8) is 0 Å². The highest BCUT2D eigenvalue weighted by atomic mass is 32.2. The largest absolute Gasteiger partial charge is 0.450 e. The van der Waals surface area contributed by atoms with Crippen molar-refractivity contribution in [3.05, 3.63) is 58.9 Å². The lowest BCUT2D eigenvalue weighted by molar-refractivity contribution is -0.384. The Balaban J connectivity index is 1.49. The van der Waals surface area contributed by atoms with Gasteiger partial charge in [0, 0.05) is 30.8 Å². The molecule has 0 bridgehead atoms. The van der Waals surface area contributed by atoms with Gasteiger partial charge in [-0.15, -0.1) is 0 Å². The van der Waals surface area contributed by atoms with Crippen LogP contribution in [0.5, 0.6) is 0 Å². The maximum Gasteiger partial charge on any atom is 0.293 e. The van der Waals surface area contributed by atoms with Gasteiger partial charge in [0.25, 0.3) is 5.69 Å². The molecule has 0 aliphatic heterocycles. The van der Waals surface area contributed by atoms with E-state index in [-0.39, 0.29) is 16.3 Å². The molecule has 0 fully saturated rings. The van der Waals surface area contributed by atoms with Crippen LogP contribution in [0.3, 0.4) is 0 Å². The van der Waals surface area contributed by atoms with Crippen molar-refractivity contribution in [2.75, 3.05) is 30.0 Å². The fourth-order valence-electron chi connectivity index (χ4n) is 3.07.